The van der Waals surface area contributed by atoms with Crippen LogP contribution in [0.3, 0.4) is 0 Å². The zero-order valence-corrected chi connectivity index (χ0v) is 10.1. The van der Waals surface area contributed by atoms with Crippen molar-refractivity contribution < 1.29 is 23.9 Å². The number of ether oxygens (including phenoxy) is 2. The predicted molar refractivity (Wildman–Crippen MR) is 63.6 cm³/mol. The largest absolute Gasteiger partial charge is 0.481 e. The van der Waals surface area contributed by atoms with Crippen molar-refractivity contribution in [1.82, 2.24) is 0 Å². The van der Waals surface area contributed by atoms with Crippen molar-refractivity contribution in [3.63, 3.8) is 0 Å². The Morgan fingerprint density at radius 3 is 2.67 bits per heavy atom. The predicted octanol–water partition coefficient (Wildman–Crippen LogP) is 1.01. The molecule has 6 heteroatoms. The highest BCUT2D eigenvalue weighted by Crippen LogP contribution is 2.24. The molecule has 0 aliphatic heterocycles. The summed E-state index contributed by atoms with van der Waals surface area (Å²) in [6.07, 6.45) is 0.553. The fourth-order valence-corrected chi connectivity index (χ4v) is 1.29. The van der Waals surface area contributed by atoms with Gasteiger partial charge in [-0.25, -0.2) is 4.79 Å². The molecule has 0 fully saturated rings. The lowest BCUT2D eigenvalue weighted by Gasteiger charge is -2.11. The summed E-state index contributed by atoms with van der Waals surface area (Å²) >= 11 is 0. The minimum atomic E-state index is -0.559. The summed E-state index contributed by atoms with van der Waals surface area (Å²) in [5.74, 6) is -0.651. The number of carbonyl (C=O) groups is 3. The Hall–Kier alpha value is -2.37. The molecule has 1 N–H and O–H groups in total. The average Bonchev–Trinajstić information content (AvgIpc) is 2.35. The smallest absolute Gasteiger partial charge is 0.343 e. The van der Waals surface area contributed by atoms with Crippen molar-refractivity contribution in [3.8, 4) is 5.75 Å². The van der Waals surface area contributed by atoms with Crippen LogP contribution in [0.15, 0.2) is 18.2 Å². The van der Waals surface area contributed by atoms with Crippen LogP contribution in [0.1, 0.15) is 17.3 Å². The lowest BCUT2D eigenvalue weighted by atomic mass is 10.1. The molecule has 0 spiro atoms. The van der Waals surface area contributed by atoms with Gasteiger partial charge in [0, 0.05) is 6.92 Å². The molecule has 0 aliphatic carbocycles. The van der Waals surface area contributed by atoms with Crippen molar-refractivity contribution >= 4 is 23.9 Å². The highest BCUT2D eigenvalue weighted by Gasteiger charge is 2.11. The van der Waals surface area contributed by atoms with E-state index in [2.05, 4.69) is 10.1 Å². The Bertz CT molecular complexity index is 470. The monoisotopic (exact) mass is 251 g/mol. The van der Waals surface area contributed by atoms with Crippen LogP contribution in [0, 0.1) is 0 Å². The first-order valence-electron chi connectivity index (χ1n) is 5.14. The van der Waals surface area contributed by atoms with E-state index in [-0.39, 0.29) is 23.8 Å². The lowest BCUT2D eigenvalue weighted by molar-refractivity contribution is -0.142. The van der Waals surface area contributed by atoms with E-state index in [1.54, 1.807) is 12.1 Å². The van der Waals surface area contributed by atoms with Crippen LogP contribution >= 0.6 is 0 Å². The Kier molecular flexibility index (Phi) is 4.86. The van der Waals surface area contributed by atoms with E-state index in [9.17, 15) is 14.4 Å². The van der Waals surface area contributed by atoms with Gasteiger partial charge < -0.3 is 14.8 Å². The van der Waals surface area contributed by atoms with Crippen molar-refractivity contribution in [1.29, 1.82) is 0 Å². The van der Waals surface area contributed by atoms with E-state index in [1.807, 2.05) is 0 Å². The molecule has 0 saturated heterocycles. The topological polar surface area (TPSA) is 81.7 Å². The van der Waals surface area contributed by atoms with Gasteiger partial charge in [-0.05, 0) is 12.1 Å². The molecule has 0 heterocycles. The van der Waals surface area contributed by atoms with Gasteiger partial charge in [-0.1, -0.05) is 6.07 Å². The van der Waals surface area contributed by atoms with Crippen molar-refractivity contribution in [2.75, 3.05) is 19.0 Å². The van der Waals surface area contributed by atoms with Crippen LogP contribution in [0.4, 0.5) is 5.69 Å². The van der Waals surface area contributed by atoms with E-state index in [0.29, 0.717) is 12.0 Å². The summed E-state index contributed by atoms with van der Waals surface area (Å²) in [6.45, 7) is 1.03. The van der Waals surface area contributed by atoms with Gasteiger partial charge in [0.05, 0.1) is 18.4 Å². The number of aldehydes is 1. The molecule has 0 aromatic heterocycles. The van der Waals surface area contributed by atoms with Gasteiger partial charge in [0.1, 0.15) is 5.75 Å². The molecule has 0 saturated carbocycles. The third-order valence-electron chi connectivity index (χ3n) is 2.07. The summed E-state index contributed by atoms with van der Waals surface area (Å²) in [5.41, 5.74) is 0.511. The molecule has 0 aliphatic rings. The van der Waals surface area contributed by atoms with Crippen molar-refractivity contribution in [3.05, 3.63) is 23.8 Å². The molecule has 6 nitrogen and oxygen atoms in total. The molecule has 1 aromatic carbocycles. The molecule has 1 rings (SSSR count). The number of esters is 1. The second kappa shape index (κ2) is 6.39. The van der Waals surface area contributed by atoms with E-state index in [0.717, 1.165) is 0 Å². The average molecular weight is 251 g/mol. The van der Waals surface area contributed by atoms with Crippen molar-refractivity contribution in [2.45, 2.75) is 6.92 Å². The van der Waals surface area contributed by atoms with Gasteiger partial charge in [0.2, 0.25) is 5.91 Å². The number of hydrogen-bond donors (Lipinski definition) is 1. The first kappa shape index (κ1) is 13.7. The minimum Gasteiger partial charge on any atom is -0.481 e. The Morgan fingerprint density at radius 2 is 2.11 bits per heavy atom. The maximum Gasteiger partial charge on any atom is 0.343 e. The normalized spacial score (nSPS) is 9.44. The molecule has 0 unspecified atom stereocenters. The van der Waals surface area contributed by atoms with Crippen molar-refractivity contribution in [2.24, 2.45) is 0 Å². The summed E-state index contributed by atoms with van der Waals surface area (Å²) in [6, 6.07) is 4.69. The summed E-state index contributed by atoms with van der Waals surface area (Å²) in [5, 5.41) is 2.50. The highest BCUT2D eigenvalue weighted by molar-refractivity contribution is 5.97. The molecule has 1 aromatic rings. The second-order valence-electron chi connectivity index (χ2n) is 3.38. The number of nitrogens with one attached hydrogen (secondary N) is 1. The molecule has 1 amide bonds. The second-order valence-corrected chi connectivity index (χ2v) is 3.38. The molecule has 0 atom stereocenters. The van der Waals surface area contributed by atoms with Gasteiger partial charge in [-0.3, -0.25) is 9.59 Å². The third-order valence-corrected chi connectivity index (χ3v) is 2.07. The van der Waals surface area contributed by atoms with Crippen LogP contribution in [0.25, 0.3) is 0 Å². The number of anilines is 1. The number of amides is 1. The number of rotatable bonds is 5. The molecule has 96 valence electrons. The lowest BCUT2D eigenvalue weighted by Crippen LogP contribution is -2.14. The molecular formula is C12H13NO5. The summed E-state index contributed by atoms with van der Waals surface area (Å²) in [7, 11) is 1.24. The molecule has 0 radical (unpaired) electrons. The molecule has 0 bridgehead atoms. The van der Waals surface area contributed by atoms with E-state index in [1.165, 1.54) is 20.1 Å². The maximum absolute atomic E-state index is 11.0. The standard InChI is InChI=1S/C12H13NO5/c1-8(15)13-10-4-3-5-11(9(10)6-14)18-7-12(16)17-2/h3-6H,7H2,1-2H3,(H,13,15). The van der Waals surface area contributed by atoms with Crippen LogP contribution in [-0.2, 0) is 14.3 Å². The maximum atomic E-state index is 11.0. The Morgan fingerprint density at radius 1 is 1.39 bits per heavy atom. The quantitative estimate of drug-likeness (QED) is 0.623. The summed E-state index contributed by atoms with van der Waals surface area (Å²) < 4.78 is 9.56. The number of hydrogen-bond acceptors (Lipinski definition) is 5. The Balaban J connectivity index is 2.93. The van der Waals surface area contributed by atoms with Crippen LogP contribution in [-0.4, -0.2) is 31.9 Å². The fourth-order valence-electron chi connectivity index (χ4n) is 1.29. The van der Waals surface area contributed by atoms with Gasteiger partial charge in [0.15, 0.2) is 12.9 Å². The van der Waals surface area contributed by atoms with Gasteiger partial charge in [-0.15, -0.1) is 0 Å². The third kappa shape index (κ3) is 3.58. The van der Waals surface area contributed by atoms with E-state index in [4.69, 9.17) is 4.74 Å². The molecular weight excluding hydrogens is 238 g/mol. The van der Waals surface area contributed by atoms with Crippen LogP contribution < -0.4 is 10.1 Å². The first-order valence-corrected chi connectivity index (χ1v) is 5.14. The zero-order valence-electron chi connectivity index (χ0n) is 10.1. The van der Waals surface area contributed by atoms with E-state index < -0.39 is 5.97 Å². The number of carbonyl (C=O) groups excluding carboxylic acids is 3. The van der Waals surface area contributed by atoms with E-state index >= 15 is 0 Å². The number of methoxy groups -OCH3 is 1. The van der Waals surface area contributed by atoms with Crippen LogP contribution in [0.5, 0.6) is 5.75 Å². The van der Waals surface area contributed by atoms with Crippen LogP contribution in [0.2, 0.25) is 0 Å². The fraction of sp³-hybridized carbons (Fsp3) is 0.250. The van der Waals surface area contributed by atoms with Gasteiger partial charge in [0.25, 0.3) is 0 Å². The number of benzene rings is 1. The first-order chi connectivity index (χ1) is 8.58. The SMILES string of the molecule is COC(=O)COc1cccc(NC(C)=O)c1C=O. The minimum absolute atomic E-state index is 0.177. The van der Waals surface area contributed by atoms with Gasteiger partial charge >= 0.3 is 5.97 Å². The highest BCUT2D eigenvalue weighted by atomic mass is 16.6. The van der Waals surface area contributed by atoms with Gasteiger partial charge in [-0.2, -0.15) is 0 Å². The summed E-state index contributed by atoms with van der Waals surface area (Å²) in [4.78, 5) is 32.9. The zero-order chi connectivity index (χ0) is 13.5. The molecule has 18 heavy (non-hydrogen) atoms. The Labute approximate surface area is 104 Å².